The number of aryl methyl sites for hydroxylation is 1. The third-order valence-electron chi connectivity index (χ3n) is 8.12. The van der Waals surface area contributed by atoms with E-state index in [0.717, 1.165) is 12.8 Å². The van der Waals surface area contributed by atoms with Crippen molar-refractivity contribution in [2.75, 3.05) is 13.2 Å². The Morgan fingerprint density at radius 1 is 1.14 bits per heavy atom. The normalized spacial score (nSPS) is 20.6. The van der Waals surface area contributed by atoms with Crippen molar-refractivity contribution in [3.8, 4) is 0 Å². The minimum Gasteiger partial charge on any atom is -0.372 e. The Bertz CT molecular complexity index is 1530. The first kappa shape index (κ1) is 27.8. The molecular formula is C31H31FN4O6. The van der Waals surface area contributed by atoms with Crippen molar-refractivity contribution < 1.29 is 33.1 Å². The number of halogens is 1. The van der Waals surface area contributed by atoms with E-state index >= 15 is 4.39 Å². The summed E-state index contributed by atoms with van der Waals surface area (Å²) in [5.41, 5.74) is 2.89. The second kappa shape index (κ2) is 11.1. The molecule has 0 spiro atoms. The van der Waals surface area contributed by atoms with E-state index in [9.17, 15) is 24.0 Å². The molecule has 2 aromatic carbocycles. The molecule has 2 unspecified atom stereocenters. The van der Waals surface area contributed by atoms with Crippen LogP contribution in [0, 0.1) is 12.7 Å². The molecule has 10 nitrogen and oxygen atoms in total. The van der Waals surface area contributed by atoms with E-state index < -0.39 is 35.6 Å². The van der Waals surface area contributed by atoms with Crippen molar-refractivity contribution in [1.29, 1.82) is 0 Å². The van der Waals surface area contributed by atoms with Crippen LogP contribution in [-0.4, -0.2) is 64.6 Å². The highest BCUT2D eigenvalue weighted by Crippen LogP contribution is 2.33. The second-order valence-corrected chi connectivity index (χ2v) is 11.3. The molecule has 1 saturated heterocycles. The predicted molar refractivity (Wildman–Crippen MR) is 147 cm³/mol. The van der Waals surface area contributed by atoms with Crippen molar-refractivity contribution in [3.63, 3.8) is 0 Å². The van der Waals surface area contributed by atoms with Gasteiger partial charge in [0, 0.05) is 42.3 Å². The van der Waals surface area contributed by atoms with E-state index in [2.05, 4.69) is 10.6 Å². The lowest BCUT2D eigenvalue weighted by molar-refractivity contribution is -0.139. The van der Waals surface area contributed by atoms with Gasteiger partial charge in [0.05, 0.1) is 13.2 Å². The summed E-state index contributed by atoms with van der Waals surface area (Å²) in [6.07, 6.45) is 3.71. The maximum atomic E-state index is 15.4. The average molecular weight is 575 g/mol. The van der Waals surface area contributed by atoms with Gasteiger partial charge in [-0.2, -0.15) is 0 Å². The standard InChI is InChI=1S/C31H31FN4O6/c1-17-2-6-23(24(32)12-17)27(29(39)33-21-4-5-21)36(30(40)19-10-11-42-16-19)14-18-3-7-22-20(13-18)15-35(31(22)41)25-8-9-26(37)34-28(25)38/h2-3,6-7,10,12-13,21,25,27H,4-5,8-9,11,14-16H2,1H3,(H,33,39)(H,34,37,38). The van der Waals surface area contributed by atoms with E-state index in [1.807, 2.05) is 0 Å². The van der Waals surface area contributed by atoms with Gasteiger partial charge in [-0.25, -0.2) is 4.39 Å². The molecule has 218 valence electrons. The van der Waals surface area contributed by atoms with Crippen molar-refractivity contribution >= 4 is 29.5 Å². The molecule has 11 heteroatoms. The Hall–Kier alpha value is -4.38. The van der Waals surface area contributed by atoms with Gasteiger partial charge < -0.3 is 19.9 Å². The second-order valence-electron chi connectivity index (χ2n) is 11.3. The van der Waals surface area contributed by atoms with Crippen LogP contribution in [0.1, 0.15) is 64.3 Å². The number of nitrogens with zero attached hydrogens (tertiary/aromatic N) is 2. The number of fused-ring (bicyclic) bond motifs is 1. The van der Waals surface area contributed by atoms with E-state index in [4.69, 9.17) is 4.74 Å². The molecule has 42 heavy (non-hydrogen) atoms. The number of nitrogens with one attached hydrogen (secondary N) is 2. The van der Waals surface area contributed by atoms with E-state index in [1.165, 1.54) is 15.9 Å². The predicted octanol–water partition coefficient (Wildman–Crippen LogP) is 2.20. The number of ether oxygens (including phenoxy) is 1. The number of benzene rings is 2. The van der Waals surface area contributed by atoms with Gasteiger partial charge >= 0.3 is 0 Å². The zero-order valence-electron chi connectivity index (χ0n) is 23.2. The first-order valence-corrected chi connectivity index (χ1v) is 14.1. The number of carbonyl (C=O) groups is 5. The first-order valence-electron chi connectivity index (χ1n) is 14.1. The molecule has 2 atom stereocenters. The maximum absolute atomic E-state index is 15.4. The van der Waals surface area contributed by atoms with E-state index in [-0.39, 0.29) is 62.6 Å². The highest BCUT2D eigenvalue weighted by atomic mass is 19.1. The van der Waals surface area contributed by atoms with Crippen molar-refractivity contribution in [3.05, 3.63) is 81.7 Å². The molecule has 0 radical (unpaired) electrons. The van der Waals surface area contributed by atoms with Crippen LogP contribution >= 0.6 is 0 Å². The van der Waals surface area contributed by atoms with Gasteiger partial charge in [-0.3, -0.25) is 29.3 Å². The Morgan fingerprint density at radius 3 is 2.64 bits per heavy atom. The summed E-state index contributed by atoms with van der Waals surface area (Å²) in [4.78, 5) is 67.6. The molecule has 0 bridgehead atoms. The van der Waals surface area contributed by atoms with Crippen LogP contribution in [0.3, 0.4) is 0 Å². The Kier molecular flexibility index (Phi) is 7.36. The highest BCUT2D eigenvalue weighted by molar-refractivity contribution is 6.05. The lowest BCUT2D eigenvalue weighted by Gasteiger charge is -2.32. The lowest BCUT2D eigenvalue weighted by atomic mass is 9.99. The smallest absolute Gasteiger partial charge is 0.255 e. The number of imide groups is 1. The quantitative estimate of drug-likeness (QED) is 0.466. The fourth-order valence-electron chi connectivity index (χ4n) is 5.74. The summed E-state index contributed by atoms with van der Waals surface area (Å²) in [6, 6.07) is 7.72. The molecule has 1 saturated carbocycles. The summed E-state index contributed by atoms with van der Waals surface area (Å²) in [5.74, 6) is -2.66. The molecule has 3 heterocycles. The highest BCUT2D eigenvalue weighted by Gasteiger charge is 2.40. The fourth-order valence-corrected chi connectivity index (χ4v) is 5.74. The van der Waals surface area contributed by atoms with Crippen LogP contribution in [0.25, 0.3) is 0 Å². The van der Waals surface area contributed by atoms with Gasteiger partial charge in [-0.15, -0.1) is 0 Å². The van der Waals surface area contributed by atoms with Gasteiger partial charge in [0.25, 0.3) is 11.8 Å². The summed E-state index contributed by atoms with van der Waals surface area (Å²) in [6.45, 7) is 2.23. The fraction of sp³-hybridized carbons (Fsp3) is 0.387. The largest absolute Gasteiger partial charge is 0.372 e. The van der Waals surface area contributed by atoms with Crippen LogP contribution in [0.2, 0.25) is 0 Å². The summed E-state index contributed by atoms with van der Waals surface area (Å²) in [7, 11) is 0. The van der Waals surface area contributed by atoms with Gasteiger partial charge in [0.1, 0.15) is 17.9 Å². The van der Waals surface area contributed by atoms with Crippen molar-refractivity contribution in [2.45, 2.75) is 63.8 Å². The molecule has 6 rings (SSSR count). The van der Waals surface area contributed by atoms with Crippen molar-refractivity contribution in [2.24, 2.45) is 0 Å². The molecule has 0 aromatic heterocycles. The van der Waals surface area contributed by atoms with E-state index in [0.29, 0.717) is 27.8 Å². The monoisotopic (exact) mass is 574 g/mol. The topological polar surface area (TPSA) is 125 Å². The number of piperidine rings is 1. The van der Waals surface area contributed by atoms with Crippen LogP contribution in [0.5, 0.6) is 0 Å². The molecule has 3 aliphatic heterocycles. The Labute approximate surface area is 241 Å². The number of hydrogen-bond donors (Lipinski definition) is 2. The zero-order chi connectivity index (χ0) is 29.5. The number of hydrogen-bond acceptors (Lipinski definition) is 6. The van der Waals surface area contributed by atoms with Crippen LogP contribution in [0.15, 0.2) is 48.0 Å². The number of rotatable bonds is 8. The van der Waals surface area contributed by atoms with Gasteiger partial charge in [-0.05, 0) is 61.1 Å². The zero-order valence-corrected chi connectivity index (χ0v) is 23.2. The van der Waals surface area contributed by atoms with E-state index in [1.54, 1.807) is 43.3 Å². The lowest BCUT2D eigenvalue weighted by Crippen LogP contribution is -2.52. The van der Waals surface area contributed by atoms with Crippen LogP contribution < -0.4 is 10.6 Å². The molecular weight excluding hydrogens is 543 g/mol. The molecule has 2 aromatic rings. The van der Waals surface area contributed by atoms with Crippen molar-refractivity contribution in [1.82, 2.24) is 20.4 Å². The minimum absolute atomic E-state index is 0.0104. The maximum Gasteiger partial charge on any atom is 0.255 e. The van der Waals surface area contributed by atoms with Gasteiger partial charge in [0.2, 0.25) is 17.7 Å². The van der Waals surface area contributed by atoms with Crippen LogP contribution in [0.4, 0.5) is 4.39 Å². The number of carbonyl (C=O) groups excluding carboxylic acids is 5. The SMILES string of the molecule is Cc1ccc(C(C(=O)NC2CC2)N(Cc2ccc3c(c2)CN(C2CCC(=O)NC2=O)C3=O)C(=O)C2=CCOC2)c(F)c1. The Balaban J connectivity index is 1.33. The third-order valence-corrected chi connectivity index (χ3v) is 8.12. The molecule has 1 aliphatic carbocycles. The summed E-state index contributed by atoms with van der Waals surface area (Å²) < 4.78 is 20.8. The summed E-state index contributed by atoms with van der Waals surface area (Å²) in [5, 5.41) is 5.23. The molecule has 4 aliphatic rings. The average Bonchev–Trinajstić information content (AvgIpc) is 3.46. The van der Waals surface area contributed by atoms with Crippen LogP contribution in [-0.2, 0) is 37.0 Å². The number of amides is 5. The van der Waals surface area contributed by atoms with Gasteiger partial charge in [0.15, 0.2) is 0 Å². The summed E-state index contributed by atoms with van der Waals surface area (Å²) >= 11 is 0. The van der Waals surface area contributed by atoms with Gasteiger partial charge in [-0.1, -0.05) is 24.3 Å². The minimum atomic E-state index is -1.24. The molecule has 2 fully saturated rings. The first-order chi connectivity index (χ1) is 20.2. The molecule has 2 N–H and O–H groups in total. The Morgan fingerprint density at radius 2 is 1.95 bits per heavy atom. The molecule has 5 amide bonds. The third kappa shape index (κ3) is 5.44.